The van der Waals surface area contributed by atoms with Crippen molar-refractivity contribution < 1.29 is 49.3 Å². The summed E-state index contributed by atoms with van der Waals surface area (Å²) in [6.07, 6.45) is 55.1. The number of aliphatic hydroxyl groups excluding tert-OH is 5. The number of ether oxygens (including phenoxy) is 3. The van der Waals surface area contributed by atoms with Crippen LogP contribution in [0.2, 0.25) is 0 Å². The van der Waals surface area contributed by atoms with Crippen LogP contribution in [-0.2, 0) is 23.8 Å². The zero-order valence-electron chi connectivity index (χ0n) is 47.9. The molecule has 1 saturated heterocycles. The van der Waals surface area contributed by atoms with Crippen molar-refractivity contribution in [3.63, 3.8) is 0 Å². The minimum absolute atomic E-state index is 0.0729. The Kier molecular flexibility index (Phi) is 48.5. The summed E-state index contributed by atoms with van der Waals surface area (Å²) in [6.45, 7) is 5.63. The molecule has 0 bridgehead atoms. The van der Waals surface area contributed by atoms with Crippen LogP contribution in [-0.4, -0.2) is 99.6 Å². The molecule has 0 aromatic rings. The Morgan fingerprint density at radius 3 is 1.44 bits per heavy atom. The zero-order chi connectivity index (χ0) is 54.7. The number of unbranched alkanes of at least 4 members (excludes halogenated alkanes) is 31. The maximum absolute atomic E-state index is 13.4. The number of carbonyl (C=O) groups excluding carboxylic acids is 2. The van der Waals surface area contributed by atoms with Crippen LogP contribution in [0, 0.1) is 0 Å². The number of rotatable bonds is 51. The van der Waals surface area contributed by atoms with Gasteiger partial charge in [0.05, 0.1) is 25.4 Å². The van der Waals surface area contributed by atoms with Crippen LogP contribution in [0.25, 0.3) is 0 Å². The van der Waals surface area contributed by atoms with E-state index < -0.39 is 67.4 Å². The van der Waals surface area contributed by atoms with E-state index in [1.165, 1.54) is 148 Å². The van der Waals surface area contributed by atoms with Crippen molar-refractivity contribution in [2.24, 2.45) is 0 Å². The lowest BCUT2D eigenvalue weighted by Crippen LogP contribution is -2.61. The van der Waals surface area contributed by atoms with Gasteiger partial charge in [-0.2, -0.15) is 0 Å². The average Bonchev–Trinajstić information content (AvgIpc) is 3.41. The molecule has 8 atom stereocenters. The molecule has 0 saturated carbocycles. The third kappa shape index (κ3) is 40.0. The van der Waals surface area contributed by atoms with Crippen molar-refractivity contribution in [3.05, 3.63) is 72.9 Å². The van der Waals surface area contributed by atoms with Gasteiger partial charge in [0, 0.05) is 6.42 Å². The Morgan fingerprint density at radius 1 is 0.533 bits per heavy atom. The summed E-state index contributed by atoms with van der Waals surface area (Å²) in [7, 11) is 0. The highest BCUT2D eigenvalue weighted by molar-refractivity contribution is 5.80. The maximum Gasteiger partial charge on any atom is 0.306 e. The Balaban J connectivity index is 2.72. The summed E-state index contributed by atoms with van der Waals surface area (Å²) in [4.78, 5) is 26.5. The molecule has 0 spiro atoms. The fourth-order valence-corrected chi connectivity index (χ4v) is 9.38. The highest BCUT2D eigenvalue weighted by atomic mass is 16.7. The highest BCUT2D eigenvalue weighted by Gasteiger charge is 2.47. The molecular weight excluding hydrogens is 943 g/mol. The summed E-state index contributed by atoms with van der Waals surface area (Å²) >= 11 is 0. The molecule has 1 fully saturated rings. The molecule has 6 N–H and O–H groups in total. The molecular formula is C64H113NO10. The van der Waals surface area contributed by atoms with E-state index in [2.05, 4.69) is 38.2 Å². The van der Waals surface area contributed by atoms with E-state index in [1.807, 2.05) is 54.7 Å². The number of carbonyl (C=O) groups is 2. The molecule has 1 aliphatic rings. The highest BCUT2D eigenvalue weighted by Crippen LogP contribution is 2.26. The van der Waals surface area contributed by atoms with Crippen molar-refractivity contribution in [1.82, 2.24) is 5.32 Å². The van der Waals surface area contributed by atoms with Gasteiger partial charge in [0.2, 0.25) is 5.91 Å². The van der Waals surface area contributed by atoms with Gasteiger partial charge in [-0.05, 0) is 44.9 Å². The van der Waals surface area contributed by atoms with Gasteiger partial charge in [0.25, 0.3) is 0 Å². The van der Waals surface area contributed by atoms with Gasteiger partial charge in [-0.1, -0.05) is 280 Å². The molecule has 0 aromatic heterocycles. The van der Waals surface area contributed by atoms with Crippen LogP contribution in [0.4, 0.5) is 0 Å². The minimum Gasteiger partial charge on any atom is -0.454 e. The van der Waals surface area contributed by atoms with Crippen LogP contribution < -0.4 is 5.32 Å². The van der Waals surface area contributed by atoms with Gasteiger partial charge >= 0.3 is 5.97 Å². The summed E-state index contributed by atoms with van der Waals surface area (Å²) < 4.78 is 17.6. The summed E-state index contributed by atoms with van der Waals surface area (Å²) in [5.41, 5.74) is 0. The monoisotopic (exact) mass is 1060 g/mol. The second-order valence-corrected chi connectivity index (χ2v) is 21.2. The van der Waals surface area contributed by atoms with Crippen LogP contribution in [0.15, 0.2) is 72.9 Å². The van der Waals surface area contributed by atoms with E-state index in [4.69, 9.17) is 14.2 Å². The predicted molar refractivity (Wildman–Crippen MR) is 310 cm³/mol. The molecule has 8 unspecified atom stereocenters. The lowest BCUT2D eigenvalue weighted by Gasteiger charge is -2.41. The largest absolute Gasteiger partial charge is 0.454 e. The number of hydrogen-bond donors (Lipinski definition) is 6. The van der Waals surface area contributed by atoms with E-state index in [0.29, 0.717) is 12.8 Å². The van der Waals surface area contributed by atoms with E-state index in [1.54, 1.807) is 6.08 Å². The molecule has 0 aliphatic carbocycles. The fourth-order valence-electron chi connectivity index (χ4n) is 9.38. The lowest BCUT2D eigenvalue weighted by molar-refractivity contribution is -0.305. The average molecular weight is 1060 g/mol. The number of allylic oxidation sites excluding steroid dienone is 11. The van der Waals surface area contributed by atoms with E-state index in [9.17, 15) is 35.1 Å². The van der Waals surface area contributed by atoms with Crippen LogP contribution >= 0.6 is 0 Å². The first-order valence-corrected chi connectivity index (χ1v) is 30.8. The third-order valence-electron chi connectivity index (χ3n) is 14.3. The summed E-state index contributed by atoms with van der Waals surface area (Å²) in [5.74, 6) is -1.23. The Morgan fingerprint density at radius 2 is 0.960 bits per heavy atom. The standard InChI is InChI=1S/C64H113NO10/c1-4-7-10-13-16-19-22-25-27-28-29-31-33-36-39-42-45-48-51-57(68)63(72)65-55(56(67)50-47-44-41-38-35-32-24-21-18-15-12-9-6-3)54-73-64-62(61(71)60(70)58(53-66)74-64)75-59(69)52-49-46-43-40-37-34-30-26-23-20-17-14-11-8-5-2/h8,11,14,17,20,23,26,30,34,37,47,50,55-58,60-62,64,66-68,70-71H,4-7,9-10,12-13,15-16,18-19,21-22,24-25,27-29,31-33,35-36,38-46,48-49,51-54H2,1-3H3,(H,65,72)/b11-8+,17-14+,23-20-,30-26-,37-34+,50-47+. The molecule has 0 aromatic carbocycles. The van der Waals surface area contributed by atoms with Gasteiger partial charge in [0.15, 0.2) is 12.4 Å². The van der Waals surface area contributed by atoms with Gasteiger partial charge in [-0.25, -0.2) is 0 Å². The van der Waals surface area contributed by atoms with Crippen LogP contribution in [0.3, 0.4) is 0 Å². The van der Waals surface area contributed by atoms with Gasteiger partial charge in [-0.3, -0.25) is 9.59 Å². The van der Waals surface area contributed by atoms with E-state index >= 15 is 0 Å². The molecule has 1 heterocycles. The third-order valence-corrected chi connectivity index (χ3v) is 14.3. The van der Waals surface area contributed by atoms with Crippen LogP contribution in [0.5, 0.6) is 0 Å². The first-order chi connectivity index (χ1) is 36.7. The topological polar surface area (TPSA) is 175 Å². The SMILES string of the molecule is CC/C=C/C=C/C=C\C=C/C=C/CCCCCC(=O)OC1C(OCC(NC(=O)C(O)CCCCCCCCCCCCCCCCCCCC)C(O)/C=C/CCCCCCCCCCCCC)OC(CO)C(O)C1O. The fraction of sp³-hybridized carbons (Fsp3) is 0.781. The normalized spacial score (nSPS) is 19.7. The van der Waals surface area contributed by atoms with Gasteiger partial charge in [0.1, 0.15) is 24.4 Å². The van der Waals surface area contributed by atoms with E-state index in [0.717, 1.165) is 64.2 Å². The predicted octanol–water partition coefficient (Wildman–Crippen LogP) is 14.4. The van der Waals surface area contributed by atoms with Gasteiger partial charge in [-0.15, -0.1) is 0 Å². The smallest absolute Gasteiger partial charge is 0.306 e. The first-order valence-electron chi connectivity index (χ1n) is 30.8. The second-order valence-electron chi connectivity index (χ2n) is 21.2. The number of nitrogens with one attached hydrogen (secondary N) is 1. The first kappa shape index (κ1) is 70.1. The molecule has 1 amide bonds. The van der Waals surface area contributed by atoms with Crippen molar-refractivity contribution in [3.8, 4) is 0 Å². The number of esters is 1. The second kappa shape index (κ2) is 51.8. The molecule has 1 rings (SSSR count). The van der Waals surface area contributed by atoms with E-state index in [-0.39, 0.29) is 19.4 Å². The number of aliphatic hydroxyl groups is 5. The Bertz CT molecular complexity index is 1490. The Hall–Kier alpha value is -2.90. The maximum atomic E-state index is 13.4. The molecule has 11 nitrogen and oxygen atoms in total. The van der Waals surface area contributed by atoms with Crippen molar-refractivity contribution in [2.45, 2.75) is 307 Å². The summed E-state index contributed by atoms with van der Waals surface area (Å²) in [5, 5.41) is 56.9. The minimum atomic E-state index is -1.63. The molecule has 11 heteroatoms. The Labute approximate surface area is 458 Å². The molecule has 75 heavy (non-hydrogen) atoms. The molecule has 434 valence electrons. The zero-order valence-corrected chi connectivity index (χ0v) is 47.9. The van der Waals surface area contributed by atoms with Gasteiger partial charge < -0.3 is 45.1 Å². The quantitative estimate of drug-likeness (QED) is 0.0149. The summed E-state index contributed by atoms with van der Waals surface area (Å²) in [6, 6.07) is -1.03. The molecule has 0 radical (unpaired) electrons. The number of amides is 1. The van der Waals surface area contributed by atoms with Crippen molar-refractivity contribution in [2.75, 3.05) is 13.2 Å². The van der Waals surface area contributed by atoms with Crippen molar-refractivity contribution >= 4 is 11.9 Å². The number of hydrogen-bond acceptors (Lipinski definition) is 10. The van der Waals surface area contributed by atoms with Crippen molar-refractivity contribution in [1.29, 1.82) is 0 Å². The molecule has 1 aliphatic heterocycles. The van der Waals surface area contributed by atoms with Crippen LogP contribution in [0.1, 0.15) is 258 Å². The lowest BCUT2D eigenvalue weighted by atomic mass is 9.99.